The Hall–Kier alpha value is -1.06. The van der Waals surface area contributed by atoms with Crippen LogP contribution in [-0.4, -0.2) is 31.3 Å². The summed E-state index contributed by atoms with van der Waals surface area (Å²) in [5, 5.41) is 0. The summed E-state index contributed by atoms with van der Waals surface area (Å²) in [6.07, 6.45) is 1.96. The van der Waals surface area contributed by atoms with Gasteiger partial charge in [-0.05, 0) is 45.2 Å². The minimum absolute atomic E-state index is 0.0402. The van der Waals surface area contributed by atoms with Gasteiger partial charge in [-0.3, -0.25) is 0 Å². The van der Waals surface area contributed by atoms with Crippen molar-refractivity contribution in [3.8, 4) is 0 Å². The number of aryl methyl sites for hydroxylation is 1. The summed E-state index contributed by atoms with van der Waals surface area (Å²) in [4.78, 5) is 2.48. The number of ether oxygens (including phenoxy) is 1. The molecule has 112 valence electrons. The third kappa shape index (κ3) is 3.33. The summed E-state index contributed by atoms with van der Waals surface area (Å²) >= 11 is 0. The van der Waals surface area contributed by atoms with E-state index in [-0.39, 0.29) is 11.6 Å². The van der Waals surface area contributed by atoms with Crippen LogP contribution in [0.2, 0.25) is 0 Å². The summed E-state index contributed by atoms with van der Waals surface area (Å²) < 4.78 is 5.64. The van der Waals surface area contributed by atoms with Crippen molar-refractivity contribution < 1.29 is 4.74 Å². The smallest absolute Gasteiger partial charge is 0.0694 e. The third-order valence-corrected chi connectivity index (χ3v) is 4.18. The van der Waals surface area contributed by atoms with Gasteiger partial charge >= 0.3 is 0 Å². The van der Waals surface area contributed by atoms with E-state index >= 15 is 0 Å². The Morgan fingerprint density at radius 1 is 1.40 bits per heavy atom. The SMILES string of the molecule is CCC(N)Cc1cc(C)ccc1N1CCOCC1(C)C. The van der Waals surface area contributed by atoms with Crippen LogP contribution < -0.4 is 10.6 Å². The molecule has 2 N–H and O–H groups in total. The van der Waals surface area contributed by atoms with Crippen molar-refractivity contribution in [2.45, 2.75) is 52.1 Å². The van der Waals surface area contributed by atoms with E-state index in [0.717, 1.165) is 32.6 Å². The highest BCUT2D eigenvalue weighted by molar-refractivity contribution is 5.57. The largest absolute Gasteiger partial charge is 0.377 e. The zero-order valence-electron chi connectivity index (χ0n) is 13.3. The minimum Gasteiger partial charge on any atom is -0.377 e. The minimum atomic E-state index is 0.0402. The molecule has 0 spiro atoms. The molecule has 1 aromatic rings. The van der Waals surface area contributed by atoms with E-state index in [9.17, 15) is 0 Å². The van der Waals surface area contributed by atoms with Gasteiger partial charge in [-0.1, -0.05) is 24.6 Å². The Morgan fingerprint density at radius 3 is 2.80 bits per heavy atom. The van der Waals surface area contributed by atoms with Crippen molar-refractivity contribution in [2.24, 2.45) is 5.73 Å². The van der Waals surface area contributed by atoms with Crippen LogP contribution >= 0.6 is 0 Å². The molecule has 0 radical (unpaired) electrons. The second kappa shape index (κ2) is 6.15. The van der Waals surface area contributed by atoms with E-state index in [1.807, 2.05) is 0 Å². The molecule has 0 amide bonds. The van der Waals surface area contributed by atoms with Gasteiger partial charge in [0.25, 0.3) is 0 Å². The lowest BCUT2D eigenvalue weighted by atomic mass is 9.95. The molecule has 0 bridgehead atoms. The molecule has 0 aromatic heterocycles. The van der Waals surface area contributed by atoms with Gasteiger partial charge in [0.05, 0.1) is 18.8 Å². The number of hydrogen-bond acceptors (Lipinski definition) is 3. The fraction of sp³-hybridized carbons (Fsp3) is 0.647. The van der Waals surface area contributed by atoms with Gasteiger partial charge in [0.2, 0.25) is 0 Å². The van der Waals surface area contributed by atoms with Crippen LogP contribution in [0.15, 0.2) is 18.2 Å². The molecule has 0 aliphatic carbocycles. The molecule has 1 aliphatic heterocycles. The Balaban J connectivity index is 2.34. The van der Waals surface area contributed by atoms with E-state index in [1.54, 1.807) is 0 Å². The number of rotatable bonds is 4. The zero-order chi connectivity index (χ0) is 14.8. The highest BCUT2D eigenvalue weighted by Gasteiger charge is 2.31. The Morgan fingerprint density at radius 2 is 2.15 bits per heavy atom. The Labute approximate surface area is 123 Å². The summed E-state index contributed by atoms with van der Waals surface area (Å²) in [6, 6.07) is 6.97. The highest BCUT2D eigenvalue weighted by atomic mass is 16.5. The van der Waals surface area contributed by atoms with Crippen LogP contribution in [0.5, 0.6) is 0 Å². The first-order valence-electron chi connectivity index (χ1n) is 7.64. The van der Waals surface area contributed by atoms with Gasteiger partial charge in [0.15, 0.2) is 0 Å². The summed E-state index contributed by atoms with van der Waals surface area (Å²) in [6.45, 7) is 11.3. The van der Waals surface area contributed by atoms with Gasteiger partial charge in [-0.15, -0.1) is 0 Å². The Kier molecular flexibility index (Phi) is 4.71. The van der Waals surface area contributed by atoms with E-state index in [0.29, 0.717) is 0 Å². The predicted octanol–water partition coefficient (Wildman–Crippen LogP) is 2.89. The van der Waals surface area contributed by atoms with Crippen LogP contribution in [-0.2, 0) is 11.2 Å². The maximum absolute atomic E-state index is 6.18. The molecule has 1 atom stereocenters. The molecule has 3 heteroatoms. The average molecular weight is 276 g/mol. The molecule has 1 fully saturated rings. The summed E-state index contributed by atoms with van der Waals surface area (Å²) in [5.41, 5.74) is 10.2. The highest BCUT2D eigenvalue weighted by Crippen LogP contribution is 2.31. The maximum Gasteiger partial charge on any atom is 0.0694 e. The first-order valence-corrected chi connectivity index (χ1v) is 7.64. The molecule has 1 unspecified atom stereocenters. The van der Waals surface area contributed by atoms with Crippen molar-refractivity contribution in [3.05, 3.63) is 29.3 Å². The van der Waals surface area contributed by atoms with Gasteiger partial charge in [-0.25, -0.2) is 0 Å². The van der Waals surface area contributed by atoms with Gasteiger partial charge < -0.3 is 15.4 Å². The predicted molar refractivity (Wildman–Crippen MR) is 85.4 cm³/mol. The molecular formula is C17H28N2O. The van der Waals surface area contributed by atoms with Crippen LogP contribution in [0.4, 0.5) is 5.69 Å². The quantitative estimate of drug-likeness (QED) is 0.919. The molecule has 3 nitrogen and oxygen atoms in total. The second-order valence-electron chi connectivity index (χ2n) is 6.52. The van der Waals surface area contributed by atoms with Crippen molar-refractivity contribution >= 4 is 5.69 Å². The van der Waals surface area contributed by atoms with Crippen molar-refractivity contribution in [3.63, 3.8) is 0 Å². The van der Waals surface area contributed by atoms with Crippen molar-refractivity contribution in [1.82, 2.24) is 0 Å². The fourth-order valence-corrected chi connectivity index (χ4v) is 2.87. The standard InChI is InChI=1S/C17H28N2O/c1-5-15(18)11-14-10-13(2)6-7-16(14)19-8-9-20-12-17(19,3)4/h6-7,10,15H,5,8-9,11-12,18H2,1-4H3. The van der Waals surface area contributed by atoms with Crippen LogP contribution in [0.3, 0.4) is 0 Å². The number of benzene rings is 1. The number of hydrogen-bond donors (Lipinski definition) is 1. The first-order chi connectivity index (χ1) is 9.44. The molecule has 1 saturated heterocycles. The number of morpholine rings is 1. The fourth-order valence-electron chi connectivity index (χ4n) is 2.87. The number of nitrogens with two attached hydrogens (primary N) is 1. The number of anilines is 1. The monoisotopic (exact) mass is 276 g/mol. The molecule has 1 heterocycles. The van der Waals surface area contributed by atoms with E-state index in [2.05, 4.69) is 50.8 Å². The lowest BCUT2D eigenvalue weighted by molar-refractivity contribution is 0.0643. The second-order valence-corrected chi connectivity index (χ2v) is 6.52. The van der Waals surface area contributed by atoms with E-state index in [1.165, 1.54) is 16.8 Å². The molecule has 1 aliphatic rings. The first kappa shape index (κ1) is 15.3. The lowest BCUT2D eigenvalue weighted by Crippen LogP contribution is -2.53. The van der Waals surface area contributed by atoms with Crippen LogP contribution in [0, 0.1) is 6.92 Å². The number of nitrogens with zero attached hydrogens (tertiary/aromatic N) is 1. The van der Waals surface area contributed by atoms with Crippen LogP contribution in [0.1, 0.15) is 38.3 Å². The normalized spacial score (nSPS) is 19.9. The maximum atomic E-state index is 6.18. The molecule has 2 rings (SSSR count). The van der Waals surface area contributed by atoms with Gasteiger partial charge in [-0.2, -0.15) is 0 Å². The van der Waals surface area contributed by atoms with Gasteiger partial charge in [0, 0.05) is 18.3 Å². The average Bonchev–Trinajstić information content (AvgIpc) is 2.39. The zero-order valence-corrected chi connectivity index (χ0v) is 13.3. The third-order valence-electron chi connectivity index (χ3n) is 4.18. The van der Waals surface area contributed by atoms with Gasteiger partial charge in [0.1, 0.15) is 0 Å². The topological polar surface area (TPSA) is 38.5 Å². The summed E-state index contributed by atoms with van der Waals surface area (Å²) in [5.74, 6) is 0. The lowest BCUT2D eigenvalue weighted by Gasteiger charge is -2.44. The van der Waals surface area contributed by atoms with Crippen LogP contribution in [0.25, 0.3) is 0 Å². The molecule has 0 saturated carbocycles. The van der Waals surface area contributed by atoms with Crippen molar-refractivity contribution in [1.29, 1.82) is 0 Å². The Bertz CT molecular complexity index is 456. The van der Waals surface area contributed by atoms with E-state index < -0.39 is 0 Å². The summed E-state index contributed by atoms with van der Waals surface area (Å²) in [7, 11) is 0. The molecular weight excluding hydrogens is 248 g/mol. The molecule has 1 aromatic carbocycles. The molecule has 20 heavy (non-hydrogen) atoms. The van der Waals surface area contributed by atoms with Crippen molar-refractivity contribution in [2.75, 3.05) is 24.7 Å². The van der Waals surface area contributed by atoms with E-state index in [4.69, 9.17) is 10.5 Å².